The number of anilines is 1. The topological polar surface area (TPSA) is 148 Å². The molecule has 1 fully saturated rings. The standard InChI is InChI=1S/C24H38N2O2.C5H3N3O2/c1-21(2)12-10-17(11-13-21)19-14-18(8-9-20(19)25)24(27)15-22(3,4)26(28-7)23(5,6)16-24;6-1-3-2-7-4(8-3)5(9)10/h8-10,14,27H,11-13,15-16,25H2,1-7H3;2H,(H,7,8)(H,9,10). The van der Waals surface area contributed by atoms with Crippen LogP contribution in [0.2, 0.25) is 0 Å². The Labute approximate surface area is 225 Å². The van der Waals surface area contributed by atoms with Crippen LogP contribution in [0.5, 0.6) is 0 Å². The Morgan fingerprint density at radius 1 is 1.18 bits per heavy atom. The molecule has 1 aliphatic heterocycles. The van der Waals surface area contributed by atoms with Crippen LogP contribution in [0, 0.1) is 16.7 Å². The van der Waals surface area contributed by atoms with Gasteiger partial charge in [0.15, 0.2) is 0 Å². The second-order valence-electron chi connectivity index (χ2n) is 12.4. The van der Waals surface area contributed by atoms with Gasteiger partial charge in [0.05, 0.1) is 18.9 Å². The molecule has 5 N–H and O–H groups in total. The number of carboxylic acids is 1. The molecular formula is C29H41N5O4. The average Bonchev–Trinajstić information content (AvgIpc) is 3.28. The van der Waals surface area contributed by atoms with Crippen molar-refractivity contribution in [1.29, 1.82) is 5.26 Å². The van der Waals surface area contributed by atoms with Crippen LogP contribution < -0.4 is 5.73 Å². The number of H-pyrrole nitrogens is 1. The number of aromatic carboxylic acids is 1. The first-order valence-corrected chi connectivity index (χ1v) is 12.9. The number of hydroxylamine groups is 2. The van der Waals surface area contributed by atoms with Crippen LogP contribution in [-0.4, -0.2) is 49.4 Å². The summed E-state index contributed by atoms with van der Waals surface area (Å²) in [6.07, 6.45) is 7.98. The van der Waals surface area contributed by atoms with Crippen LogP contribution in [0.3, 0.4) is 0 Å². The number of nitrogens with one attached hydrogen (secondary N) is 1. The lowest BCUT2D eigenvalue weighted by atomic mass is 9.69. The second kappa shape index (κ2) is 10.5. The quantitative estimate of drug-likeness (QED) is 0.397. The monoisotopic (exact) mass is 523 g/mol. The summed E-state index contributed by atoms with van der Waals surface area (Å²) in [5.41, 5.74) is 9.53. The van der Waals surface area contributed by atoms with Crippen LogP contribution in [0.4, 0.5) is 5.69 Å². The van der Waals surface area contributed by atoms with Gasteiger partial charge in [-0.05, 0) is 75.6 Å². The van der Waals surface area contributed by atoms with Gasteiger partial charge in [0, 0.05) is 35.2 Å². The van der Waals surface area contributed by atoms with Crippen molar-refractivity contribution < 1.29 is 19.8 Å². The first kappa shape index (κ1) is 29.4. The second-order valence-corrected chi connectivity index (χ2v) is 12.4. The highest BCUT2D eigenvalue weighted by atomic mass is 16.7. The molecule has 4 rings (SSSR count). The molecule has 1 saturated heterocycles. The summed E-state index contributed by atoms with van der Waals surface area (Å²) in [5, 5.41) is 30.3. The Morgan fingerprint density at radius 3 is 2.26 bits per heavy atom. The van der Waals surface area contributed by atoms with Gasteiger partial charge in [0.2, 0.25) is 5.82 Å². The van der Waals surface area contributed by atoms with Gasteiger partial charge in [-0.1, -0.05) is 26.0 Å². The number of aromatic amines is 1. The number of carboxylic acid groups (broad SMARTS) is 1. The smallest absolute Gasteiger partial charge is 0.371 e. The Hall–Kier alpha value is -3.19. The third-order valence-electron chi connectivity index (χ3n) is 7.54. The fourth-order valence-corrected chi connectivity index (χ4v) is 6.09. The maximum Gasteiger partial charge on any atom is 0.371 e. The number of hydrogen-bond acceptors (Lipinski definition) is 7. The number of nitrogens with two attached hydrogens (primary N) is 1. The molecule has 206 valence electrons. The fraction of sp³-hybridized carbons (Fsp3) is 0.552. The van der Waals surface area contributed by atoms with Crippen molar-refractivity contribution in [3.05, 3.63) is 53.1 Å². The van der Waals surface area contributed by atoms with Crippen molar-refractivity contribution in [2.75, 3.05) is 12.8 Å². The van der Waals surface area contributed by atoms with Crippen molar-refractivity contribution in [1.82, 2.24) is 15.0 Å². The summed E-state index contributed by atoms with van der Waals surface area (Å²) in [6.45, 7) is 13.2. The van der Waals surface area contributed by atoms with Crippen molar-refractivity contribution in [2.45, 2.75) is 90.3 Å². The van der Waals surface area contributed by atoms with Crippen LogP contribution in [-0.2, 0) is 10.4 Å². The molecule has 1 aromatic heterocycles. The maximum atomic E-state index is 11.8. The molecule has 0 saturated carbocycles. The normalized spacial score (nSPS) is 21.4. The van der Waals surface area contributed by atoms with Gasteiger partial charge >= 0.3 is 5.97 Å². The zero-order chi connectivity index (χ0) is 28.5. The van der Waals surface area contributed by atoms with Gasteiger partial charge in [0.1, 0.15) is 11.8 Å². The van der Waals surface area contributed by atoms with Gasteiger partial charge in [0.25, 0.3) is 0 Å². The van der Waals surface area contributed by atoms with E-state index in [4.69, 9.17) is 20.9 Å². The Balaban J connectivity index is 0.000000336. The summed E-state index contributed by atoms with van der Waals surface area (Å²) in [6, 6.07) is 7.82. The predicted octanol–water partition coefficient (Wildman–Crippen LogP) is 5.24. The lowest BCUT2D eigenvalue weighted by molar-refractivity contribution is -0.294. The van der Waals surface area contributed by atoms with E-state index >= 15 is 0 Å². The maximum absolute atomic E-state index is 11.8. The Bertz CT molecular complexity index is 1230. The molecule has 0 amide bonds. The van der Waals surface area contributed by atoms with Gasteiger partial charge in [-0.3, -0.25) is 0 Å². The van der Waals surface area contributed by atoms with Crippen molar-refractivity contribution in [3.8, 4) is 6.07 Å². The summed E-state index contributed by atoms with van der Waals surface area (Å²) in [4.78, 5) is 21.5. The number of aromatic nitrogens is 2. The van der Waals surface area contributed by atoms with E-state index in [9.17, 15) is 9.90 Å². The van der Waals surface area contributed by atoms with E-state index in [2.05, 4.69) is 63.7 Å². The number of allylic oxidation sites excluding steroid dienone is 2. The molecule has 0 spiro atoms. The minimum absolute atomic E-state index is 0.150. The van der Waals surface area contributed by atoms with Crippen molar-refractivity contribution in [3.63, 3.8) is 0 Å². The van der Waals surface area contributed by atoms with E-state index in [1.807, 2.05) is 17.2 Å². The average molecular weight is 524 g/mol. The van der Waals surface area contributed by atoms with Crippen LogP contribution in [0.15, 0.2) is 30.5 Å². The van der Waals surface area contributed by atoms with Crippen LogP contribution >= 0.6 is 0 Å². The van der Waals surface area contributed by atoms with E-state index in [1.54, 1.807) is 13.2 Å². The highest BCUT2D eigenvalue weighted by Crippen LogP contribution is 2.49. The van der Waals surface area contributed by atoms with E-state index in [1.165, 1.54) is 11.8 Å². The zero-order valence-electron chi connectivity index (χ0n) is 23.6. The zero-order valence-corrected chi connectivity index (χ0v) is 23.6. The molecule has 0 unspecified atom stereocenters. The largest absolute Gasteiger partial charge is 0.475 e. The third kappa shape index (κ3) is 6.26. The van der Waals surface area contributed by atoms with Gasteiger partial charge < -0.3 is 25.8 Å². The Morgan fingerprint density at radius 2 is 1.82 bits per heavy atom. The van der Waals surface area contributed by atoms with E-state index in [-0.39, 0.29) is 22.6 Å². The molecule has 9 heteroatoms. The molecule has 1 aromatic carbocycles. The SMILES string of the molecule is CON1C(C)(C)CC(O)(c2ccc(N)c(C3=CCC(C)(C)CC3)c2)CC1(C)C.N#Cc1cnc(C(=O)O)[nH]1. The lowest BCUT2D eigenvalue weighted by Gasteiger charge is -2.56. The number of hydrogen-bond donors (Lipinski definition) is 4. The number of nitrogens with zero attached hydrogens (tertiary/aromatic N) is 3. The summed E-state index contributed by atoms with van der Waals surface area (Å²) >= 11 is 0. The fourth-order valence-electron chi connectivity index (χ4n) is 6.09. The number of nitriles is 1. The molecule has 2 aromatic rings. The molecule has 2 aliphatic rings. The molecule has 9 nitrogen and oxygen atoms in total. The number of aliphatic hydroxyl groups is 1. The van der Waals surface area contributed by atoms with E-state index < -0.39 is 11.6 Å². The molecule has 0 atom stereocenters. The number of benzene rings is 1. The summed E-state index contributed by atoms with van der Waals surface area (Å²) in [5.74, 6) is -1.38. The number of rotatable bonds is 4. The lowest BCUT2D eigenvalue weighted by Crippen LogP contribution is -2.63. The molecule has 0 bridgehead atoms. The third-order valence-corrected chi connectivity index (χ3v) is 7.54. The van der Waals surface area contributed by atoms with E-state index in [0.717, 1.165) is 36.1 Å². The summed E-state index contributed by atoms with van der Waals surface area (Å²) < 4.78 is 0. The van der Waals surface area contributed by atoms with Crippen LogP contribution in [0.25, 0.3) is 5.57 Å². The number of carbonyl (C=O) groups is 1. The van der Waals surface area contributed by atoms with Gasteiger partial charge in [-0.25, -0.2) is 9.78 Å². The molecule has 38 heavy (non-hydrogen) atoms. The predicted molar refractivity (Wildman–Crippen MR) is 147 cm³/mol. The van der Waals surface area contributed by atoms with Crippen molar-refractivity contribution in [2.24, 2.45) is 5.41 Å². The van der Waals surface area contributed by atoms with Crippen molar-refractivity contribution >= 4 is 17.2 Å². The first-order valence-electron chi connectivity index (χ1n) is 12.9. The van der Waals surface area contributed by atoms with Gasteiger partial charge in [-0.2, -0.15) is 10.3 Å². The number of piperidine rings is 1. The first-order chi connectivity index (χ1) is 17.5. The number of imidazole rings is 1. The van der Waals surface area contributed by atoms with Crippen LogP contribution in [0.1, 0.15) is 101 Å². The minimum atomic E-state index is -1.17. The highest BCUT2D eigenvalue weighted by molar-refractivity contribution is 5.83. The minimum Gasteiger partial charge on any atom is -0.475 e. The van der Waals surface area contributed by atoms with E-state index in [0.29, 0.717) is 18.3 Å². The molecular weight excluding hydrogens is 482 g/mol. The highest BCUT2D eigenvalue weighted by Gasteiger charge is 2.53. The molecule has 0 radical (unpaired) electrons. The summed E-state index contributed by atoms with van der Waals surface area (Å²) in [7, 11) is 1.71. The number of nitrogen functional groups attached to an aromatic ring is 1. The molecule has 2 heterocycles. The Kier molecular flexibility index (Phi) is 8.13. The molecule has 1 aliphatic carbocycles. The van der Waals surface area contributed by atoms with Gasteiger partial charge in [-0.15, -0.1) is 0 Å².